The Labute approximate surface area is 152 Å². The molecule has 1 fully saturated rings. The molecule has 26 heavy (non-hydrogen) atoms. The van der Waals surface area contributed by atoms with Crippen molar-refractivity contribution in [1.29, 1.82) is 0 Å². The minimum absolute atomic E-state index is 0.0478. The molecule has 0 bridgehead atoms. The molecule has 0 aliphatic carbocycles. The van der Waals surface area contributed by atoms with E-state index in [2.05, 4.69) is 0 Å². The number of carbonyl (C=O) groups is 1. The number of ketones is 1. The highest BCUT2D eigenvalue weighted by Crippen LogP contribution is 2.26. The molecule has 0 N–H and O–H groups in total. The van der Waals surface area contributed by atoms with Crippen LogP contribution in [0.3, 0.4) is 0 Å². The van der Waals surface area contributed by atoms with Gasteiger partial charge in [0.15, 0.2) is 15.6 Å². The lowest BCUT2D eigenvalue weighted by atomic mass is 10.2. The summed E-state index contributed by atoms with van der Waals surface area (Å²) in [6.07, 6.45) is 1.65. The normalized spacial score (nSPS) is 18.9. The SMILES string of the molecule is CC(=O)c1ccc(S(=O)(=O)N2CCC(S(=O)(=O)Cc3ccco3)C2)cc1. The quantitative estimate of drug-likeness (QED) is 0.690. The zero-order valence-electron chi connectivity index (χ0n) is 14.2. The molecule has 2 heterocycles. The Bertz CT molecular complexity index is 992. The number of sulfone groups is 1. The fraction of sp³-hybridized carbons (Fsp3) is 0.353. The summed E-state index contributed by atoms with van der Waals surface area (Å²) in [6.45, 7) is 1.46. The van der Waals surface area contributed by atoms with E-state index in [9.17, 15) is 21.6 Å². The molecular formula is C17H19NO6S2. The Kier molecular flexibility index (Phi) is 5.05. The van der Waals surface area contributed by atoms with Gasteiger partial charge in [0.1, 0.15) is 11.5 Å². The number of sulfonamides is 1. The predicted octanol–water partition coefficient (Wildman–Crippen LogP) is 1.86. The number of carbonyl (C=O) groups excluding carboxylic acids is 1. The number of furan rings is 1. The number of Topliss-reactive ketones (excluding diaryl/α,β-unsaturated/α-hetero) is 1. The molecule has 1 aliphatic rings. The second-order valence-corrected chi connectivity index (χ2v) is 10.5. The van der Waals surface area contributed by atoms with Gasteiger partial charge in [-0.05, 0) is 37.6 Å². The summed E-state index contributed by atoms with van der Waals surface area (Å²) in [5.41, 5.74) is 0.421. The molecule has 1 aromatic heterocycles. The van der Waals surface area contributed by atoms with Crippen LogP contribution in [0.5, 0.6) is 0 Å². The molecule has 0 radical (unpaired) electrons. The molecule has 2 aromatic rings. The molecule has 1 aromatic carbocycles. The van der Waals surface area contributed by atoms with Gasteiger partial charge < -0.3 is 4.42 Å². The number of hydrogen-bond acceptors (Lipinski definition) is 6. The van der Waals surface area contributed by atoms with Crippen LogP contribution in [0.1, 0.15) is 29.5 Å². The predicted molar refractivity (Wildman–Crippen MR) is 94.9 cm³/mol. The average molecular weight is 397 g/mol. The van der Waals surface area contributed by atoms with Crippen LogP contribution < -0.4 is 0 Å². The van der Waals surface area contributed by atoms with Crippen molar-refractivity contribution in [3.05, 3.63) is 54.0 Å². The Morgan fingerprint density at radius 3 is 2.42 bits per heavy atom. The molecule has 1 unspecified atom stereocenters. The van der Waals surface area contributed by atoms with Crippen molar-refractivity contribution in [2.75, 3.05) is 13.1 Å². The molecule has 1 atom stereocenters. The van der Waals surface area contributed by atoms with Crippen molar-refractivity contribution < 1.29 is 26.0 Å². The summed E-state index contributed by atoms with van der Waals surface area (Å²) in [7, 11) is -7.32. The summed E-state index contributed by atoms with van der Waals surface area (Å²) in [4.78, 5) is 11.4. The highest BCUT2D eigenvalue weighted by Gasteiger charge is 2.39. The zero-order valence-corrected chi connectivity index (χ0v) is 15.8. The lowest BCUT2D eigenvalue weighted by Crippen LogP contribution is -2.32. The van der Waals surface area contributed by atoms with Crippen LogP contribution in [0.2, 0.25) is 0 Å². The standard InChI is InChI=1S/C17H19NO6S2/c1-13(19)14-4-6-16(7-5-14)26(22,23)18-9-8-17(11-18)25(20,21)12-15-3-2-10-24-15/h2-7,10,17H,8-9,11-12H2,1H3. The van der Waals surface area contributed by atoms with Crippen molar-refractivity contribution >= 4 is 25.6 Å². The fourth-order valence-corrected chi connectivity index (χ4v) is 6.19. The molecule has 1 saturated heterocycles. The van der Waals surface area contributed by atoms with Crippen molar-refractivity contribution in [2.45, 2.75) is 29.2 Å². The highest BCUT2D eigenvalue weighted by atomic mass is 32.2. The second-order valence-electron chi connectivity index (χ2n) is 6.24. The largest absolute Gasteiger partial charge is 0.468 e. The van der Waals surface area contributed by atoms with Crippen LogP contribution in [0.15, 0.2) is 52.0 Å². The third-order valence-corrected chi connectivity index (χ3v) is 8.40. The molecule has 9 heteroatoms. The monoisotopic (exact) mass is 397 g/mol. The van der Waals surface area contributed by atoms with Gasteiger partial charge in [-0.25, -0.2) is 16.8 Å². The van der Waals surface area contributed by atoms with Crippen molar-refractivity contribution in [3.63, 3.8) is 0 Å². The Balaban J connectivity index is 1.75. The minimum Gasteiger partial charge on any atom is -0.468 e. The maximum atomic E-state index is 12.7. The molecule has 0 spiro atoms. The van der Waals surface area contributed by atoms with Gasteiger partial charge in [-0.3, -0.25) is 4.79 Å². The van der Waals surface area contributed by atoms with E-state index in [0.29, 0.717) is 11.3 Å². The van der Waals surface area contributed by atoms with Crippen molar-refractivity contribution in [1.82, 2.24) is 4.31 Å². The van der Waals surface area contributed by atoms with E-state index >= 15 is 0 Å². The van der Waals surface area contributed by atoms with Gasteiger partial charge in [-0.1, -0.05) is 12.1 Å². The van der Waals surface area contributed by atoms with Crippen LogP contribution in [0, 0.1) is 0 Å². The first kappa shape index (κ1) is 18.8. The summed E-state index contributed by atoms with van der Waals surface area (Å²) >= 11 is 0. The number of hydrogen-bond donors (Lipinski definition) is 0. The maximum Gasteiger partial charge on any atom is 0.243 e. The molecule has 3 rings (SSSR count). The van der Waals surface area contributed by atoms with Crippen molar-refractivity contribution in [2.24, 2.45) is 0 Å². The van der Waals surface area contributed by atoms with Crippen LogP contribution >= 0.6 is 0 Å². The van der Waals surface area contributed by atoms with Crippen LogP contribution in [0.25, 0.3) is 0 Å². The summed E-state index contributed by atoms with van der Waals surface area (Å²) in [5.74, 6) is -0.0587. The minimum atomic E-state index is -3.80. The smallest absolute Gasteiger partial charge is 0.243 e. The average Bonchev–Trinajstić information content (AvgIpc) is 3.26. The first-order valence-electron chi connectivity index (χ1n) is 8.05. The van der Waals surface area contributed by atoms with Gasteiger partial charge in [0.05, 0.1) is 16.4 Å². The van der Waals surface area contributed by atoms with E-state index in [1.54, 1.807) is 12.1 Å². The van der Waals surface area contributed by atoms with Gasteiger partial charge >= 0.3 is 0 Å². The molecule has 7 nitrogen and oxygen atoms in total. The first-order valence-corrected chi connectivity index (χ1v) is 11.2. The van der Waals surface area contributed by atoms with Gasteiger partial charge in [-0.2, -0.15) is 4.31 Å². The number of nitrogens with zero attached hydrogens (tertiary/aromatic N) is 1. The summed E-state index contributed by atoms with van der Waals surface area (Å²) in [6, 6.07) is 8.85. The second kappa shape index (κ2) is 6.98. The van der Waals surface area contributed by atoms with Crippen LogP contribution in [0.4, 0.5) is 0 Å². The third kappa shape index (κ3) is 3.74. The van der Waals surface area contributed by atoms with Crippen molar-refractivity contribution in [3.8, 4) is 0 Å². The van der Waals surface area contributed by atoms with E-state index in [0.717, 1.165) is 0 Å². The molecule has 0 saturated carbocycles. The molecule has 140 valence electrons. The lowest BCUT2D eigenvalue weighted by Gasteiger charge is -2.17. The lowest BCUT2D eigenvalue weighted by molar-refractivity contribution is 0.101. The third-order valence-electron chi connectivity index (χ3n) is 4.44. The molecule has 0 amide bonds. The van der Waals surface area contributed by atoms with Gasteiger partial charge in [0.25, 0.3) is 0 Å². The summed E-state index contributed by atoms with van der Waals surface area (Å²) in [5, 5.41) is -0.765. The maximum absolute atomic E-state index is 12.7. The van der Waals surface area contributed by atoms with Crippen LogP contribution in [-0.4, -0.2) is 45.3 Å². The Morgan fingerprint density at radius 1 is 1.15 bits per heavy atom. The summed E-state index contributed by atoms with van der Waals surface area (Å²) < 4.78 is 56.8. The Hall–Kier alpha value is -1.97. The zero-order chi connectivity index (χ0) is 18.9. The van der Waals surface area contributed by atoms with E-state index in [-0.39, 0.29) is 35.9 Å². The van der Waals surface area contributed by atoms with E-state index < -0.39 is 25.1 Å². The van der Waals surface area contributed by atoms with Crippen LogP contribution in [-0.2, 0) is 25.6 Å². The van der Waals surface area contributed by atoms with Gasteiger partial charge in [-0.15, -0.1) is 0 Å². The number of rotatable bonds is 6. The number of benzene rings is 1. The highest BCUT2D eigenvalue weighted by molar-refractivity contribution is 7.91. The fourth-order valence-electron chi connectivity index (χ4n) is 2.93. The Morgan fingerprint density at radius 2 is 1.85 bits per heavy atom. The first-order chi connectivity index (χ1) is 12.2. The van der Waals surface area contributed by atoms with E-state index in [4.69, 9.17) is 4.42 Å². The van der Waals surface area contributed by atoms with Gasteiger partial charge in [0.2, 0.25) is 10.0 Å². The molecular weight excluding hydrogens is 378 g/mol. The van der Waals surface area contributed by atoms with E-state index in [1.807, 2.05) is 0 Å². The van der Waals surface area contributed by atoms with E-state index in [1.165, 1.54) is 41.8 Å². The van der Waals surface area contributed by atoms with Gasteiger partial charge in [0, 0.05) is 18.7 Å². The topological polar surface area (TPSA) is 102 Å². The molecule has 1 aliphatic heterocycles.